The van der Waals surface area contributed by atoms with Crippen LogP contribution >= 0.6 is 23.2 Å². The van der Waals surface area contributed by atoms with Crippen molar-refractivity contribution in [3.8, 4) is 0 Å². The summed E-state index contributed by atoms with van der Waals surface area (Å²) in [6.07, 6.45) is -3.12. The van der Waals surface area contributed by atoms with Crippen LogP contribution in [0, 0.1) is 17.7 Å². The molecular formula is C33H27Cl2F4N3O4. The van der Waals surface area contributed by atoms with Gasteiger partial charge in [-0.05, 0) is 67.6 Å². The summed E-state index contributed by atoms with van der Waals surface area (Å²) < 4.78 is 63.5. The van der Waals surface area contributed by atoms with Gasteiger partial charge in [-0.15, -0.1) is 0 Å². The van der Waals surface area contributed by atoms with Gasteiger partial charge in [-0.2, -0.15) is 13.2 Å². The number of amides is 2. The van der Waals surface area contributed by atoms with Crippen molar-refractivity contribution in [1.82, 2.24) is 4.90 Å². The van der Waals surface area contributed by atoms with Gasteiger partial charge in [0.05, 0.1) is 28.7 Å². The van der Waals surface area contributed by atoms with E-state index in [0.29, 0.717) is 22.8 Å². The maximum Gasteiger partial charge on any atom is 0.417 e. The molecule has 3 aromatic carbocycles. The molecule has 1 spiro atoms. The normalized spacial score (nSPS) is 25.6. The molecule has 0 radical (unpaired) electrons. The predicted octanol–water partition coefficient (Wildman–Crippen LogP) is 7.02. The van der Waals surface area contributed by atoms with Gasteiger partial charge in [0.1, 0.15) is 11.4 Å². The smallest absolute Gasteiger partial charge is 0.417 e. The van der Waals surface area contributed by atoms with E-state index in [2.05, 4.69) is 5.32 Å². The molecule has 4 aliphatic rings. The highest BCUT2D eigenvalue weighted by Crippen LogP contribution is 2.62. The predicted molar refractivity (Wildman–Crippen MR) is 162 cm³/mol. The lowest BCUT2D eigenvalue weighted by Gasteiger charge is -2.41. The van der Waals surface area contributed by atoms with Gasteiger partial charge in [0.25, 0.3) is 0 Å². The van der Waals surface area contributed by atoms with E-state index >= 15 is 4.39 Å². The Kier molecular flexibility index (Phi) is 7.37. The van der Waals surface area contributed by atoms with Crippen molar-refractivity contribution >= 4 is 52.4 Å². The van der Waals surface area contributed by atoms with E-state index in [0.717, 1.165) is 25.0 Å². The minimum Gasteiger partial charge on any atom is -0.462 e. The molecule has 0 unspecified atom stereocenters. The molecule has 0 aromatic heterocycles. The molecule has 1 saturated carbocycles. The molecule has 2 amide bonds. The van der Waals surface area contributed by atoms with E-state index in [9.17, 15) is 27.6 Å². The Balaban J connectivity index is 1.40. The lowest BCUT2D eigenvalue weighted by molar-refractivity contribution is -0.138. The third-order valence-corrected chi connectivity index (χ3v) is 10.1. The first-order valence-corrected chi connectivity index (χ1v) is 15.6. The molecule has 0 bridgehead atoms. The molecule has 240 valence electrons. The standard InChI is InChI=1S/C33H27Cl2F4N3O4/c1-2-46-30(44)19-10-9-18(13-22(19)33(37,38)39)41-15-25-26(29(41)43)27(20-4-3-5-23(35)28(20)36)32(42(25)14-16-6-7-16)21-11-8-17(34)12-24(21)40-31(32)45/h3-5,8-13,16,25-27H,2,6-7,14-15H2,1H3,(H,40,45)/t25-,26+,27-,32+/m0/s1. The SMILES string of the molecule is CCOC(=O)c1ccc(N2C[C@H]3[C@@H](C2=O)[C@H](c2cccc(Cl)c2F)[C@]2(C(=O)Nc4cc(Cl)ccc42)N3CC2CC2)cc1C(F)(F)F. The average Bonchev–Trinajstić information content (AvgIpc) is 3.63. The fraction of sp³-hybridized carbons (Fsp3) is 0.364. The van der Waals surface area contributed by atoms with Gasteiger partial charge < -0.3 is 15.0 Å². The number of hydrogen-bond donors (Lipinski definition) is 1. The molecule has 46 heavy (non-hydrogen) atoms. The molecule has 3 fully saturated rings. The Morgan fingerprint density at radius 1 is 1.09 bits per heavy atom. The van der Waals surface area contributed by atoms with E-state index in [1.54, 1.807) is 24.3 Å². The number of anilines is 2. The topological polar surface area (TPSA) is 78.9 Å². The summed E-state index contributed by atoms with van der Waals surface area (Å²) in [6, 6.07) is 11.7. The number of halogens is 6. The van der Waals surface area contributed by atoms with Crippen molar-refractivity contribution in [1.29, 1.82) is 0 Å². The van der Waals surface area contributed by atoms with Crippen molar-refractivity contribution in [2.24, 2.45) is 11.8 Å². The fourth-order valence-electron chi connectivity index (χ4n) is 7.57. The van der Waals surface area contributed by atoms with Crippen LogP contribution in [0.3, 0.4) is 0 Å². The summed E-state index contributed by atoms with van der Waals surface area (Å²) in [4.78, 5) is 44.4. The number of nitrogens with one attached hydrogen (secondary N) is 1. The zero-order valence-corrected chi connectivity index (χ0v) is 25.8. The second kappa shape index (κ2) is 11.0. The van der Waals surface area contributed by atoms with E-state index in [4.69, 9.17) is 27.9 Å². The Hall–Kier alpha value is -3.67. The number of rotatable bonds is 6. The summed E-state index contributed by atoms with van der Waals surface area (Å²) in [5.41, 5.74) is -2.46. The highest BCUT2D eigenvalue weighted by atomic mass is 35.5. The van der Waals surface area contributed by atoms with Gasteiger partial charge >= 0.3 is 12.1 Å². The van der Waals surface area contributed by atoms with E-state index in [-0.39, 0.29) is 35.3 Å². The molecule has 1 aliphatic carbocycles. The molecule has 7 nitrogen and oxygen atoms in total. The molecule has 3 heterocycles. The van der Waals surface area contributed by atoms with Crippen molar-refractivity contribution in [2.45, 2.75) is 43.4 Å². The minimum absolute atomic E-state index is 0.0580. The molecule has 13 heteroatoms. The van der Waals surface area contributed by atoms with Crippen LogP contribution in [0.5, 0.6) is 0 Å². The molecule has 4 atom stereocenters. The van der Waals surface area contributed by atoms with Crippen molar-refractivity contribution in [3.63, 3.8) is 0 Å². The second-order valence-corrected chi connectivity index (χ2v) is 13.0. The van der Waals surface area contributed by atoms with Gasteiger partial charge in [-0.3, -0.25) is 14.5 Å². The van der Waals surface area contributed by atoms with E-state index in [1.165, 1.54) is 30.0 Å². The van der Waals surface area contributed by atoms with Crippen LogP contribution < -0.4 is 10.2 Å². The number of carbonyl (C=O) groups excluding carboxylic acids is 3. The fourth-order valence-corrected chi connectivity index (χ4v) is 7.92. The number of hydrogen-bond acceptors (Lipinski definition) is 5. The number of esters is 1. The second-order valence-electron chi connectivity index (χ2n) is 12.1. The number of benzene rings is 3. The molecular weight excluding hydrogens is 649 g/mol. The quantitative estimate of drug-likeness (QED) is 0.225. The molecule has 7 rings (SSSR count). The van der Waals surface area contributed by atoms with E-state index in [1.807, 2.05) is 4.90 Å². The third-order valence-electron chi connectivity index (χ3n) is 9.57. The number of carbonyl (C=O) groups is 3. The highest BCUT2D eigenvalue weighted by Gasteiger charge is 2.71. The number of nitrogens with zero attached hydrogens (tertiary/aromatic N) is 2. The van der Waals surface area contributed by atoms with Crippen LogP contribution in [-0.4, -0.2) is 48.4 Å². The summed E-state index contributed by atoms with van der Waals surface area (Å²) in [5, 5.41) is 3.10. The average molecular weight is 676 g/mol. The van der Waals surface area contributed by atoms with Crippen molar-refractivity contribution in [3.05, 3.63) is 92.7 Å². The molecule has 1 N–H and O–H groups in total. The maximum absolute atomic E-state index is 16.0. The first-order chi connectivity index (χ1) is 21.9. The number of alkyl halides is 3. The van der Waals surface area contributed by atoms with Crippen LogP contribution in [0.1, 0.15) is 52.7 Å². The monoisotopic (exact) mass is 675 g/mol. The van der Waals surface area contributed by atoms with Crippen LogP contribution in [0.2, 0.25) is 10.0 Å². The lowest BCUT2D eigenvalue weighted by Crippen LogP contribution is -2.54. The van der Waals surface area contributed by atoms with Gasteiger partial charge in [-0.25, -0.2) is 9.18 Å². The van der Waals surface area contributed by atoms with Crippen molar-refractivity contribution in [2.75, 3.05) is 29.9 Å². The Morgan fingerprint density at radius 2 is 1.85 bits per heavy atom. The van der Waals surface area contributed by atoms with Gasteiger partial charge in [-0.1, -0.05) is 41.4 Å². The first kappa shape index (κ1) is 31.0. The number of fused-ring (bicyclic) bond motifs is 3. The number of ether oxygens (including phenoxy) is 1. The lowest BCUT2D eigenvalue weighted by atomic mass is 9.71. The van der Waals surface area contributed by atoms with Crippen LogP contribution in [0.15, 0.2) is 54.6 Å². The molecule has 3 aliphatic heterocycles. The summed E-state index contributed by atoms with van der Waals surface area (Å²) in [7, 11) is 0. The zero-order chi connectivity index (χ0) is 32.7. The van der Waals surface area contributed by atoms with Crippen molar-refractivity contribution < 1.29 is 36.7 Å². The van der Waals surface area contributed by atoms with Crippen LogP contribution in [0.25, 0.3) is 0 Å². The first-order valence-electron chi connectivity index (χ1n) is 14.9. The van der Waals surface area contributed by atoms with Gasteiger partial charge in [0.15, 0.2) is 0 Å². The van der Waals surface area contributed by atoms with Gasteiger partial charge in [0, 0.05) is 47.0 Å². The van der Waals surface area contributed by atoms with Crippen LogP contribution in [-0.2, 0) is 26.0 Å². The minimum atomic E-state index is -4.92. The van der Waals surface area contributed by atoms with Gasteiger partial charge in [0.2, 0.25) is 11.8 Å². The maximum atomic E-state index is 16.0. The zero-order valence-electron chi connectivity index (χ0n) is 24.3. The third kappa shape index (κ3) is 4.61. The molecule has 3 aromatic rings. The highest BCUT2D eigenvalue weighted by molar-refractivity contribution is 6.31. The summed E-state index contributed by atoms with van der Waals surface area (Å²) in [5.74, 6) is -4.82. The Bertz CT molecular complexity index is 1800. The Labute approximate surface area is 271 Å². The summed E-state index contributed by atoms with van der Waals surface area (Å²) >= 11 is 12.5. The van der Waals surface area contributed by atoms with E-state index < -0.39 is 64.3 Å². The number of likely N-dealkylation sites (tertiary alicyclic amines) is 1. The largest absolute Gasteiger partial charge is 0.462 e. The van der Waals surface area contributed by atoms with Crippen LogP contribution in [0.4, 0.5) is 28.9 Å². The summed E-state index contributed by atoms with van der Waals surface area (Å²) in [6.45, 7) is 1.71. The Morgan fingerprint density at radius 3 is 2.54 bits per heavy atom. The molecule has 2 saturated heterocycles.